The summed E-state index contributed by atoms with van der Waals surface area (Å²) >= 11 is 0. The Labute approximate surface area is 117 Å². The Morgan fingerprint density at radius 1 is 1.10 bits per heavy atom. The third-order valence-electron chi connectivity index (χ3n) is 3.03. The van der Waals surface area contributed by atoms with Gasteiger partial charge in [-0.3, -0.25) is 4.31 Å². The van der Waals surface area contributed by atoms with E-state index >= 15 is 0 Å². The molecule has 6 heteroatoms. The van der Waals surface area contributed by atoms with Crippen LogP contribution < -0.4 is 10.0 Å². The molecule has 0 amide bonds. The van der Waals surface area contributed by atoms with Gasteiger partial charge in [-0.1, -0.05) is 17.7 Å². The fraction of sp³-hybridized carbons (Fsp3) is 0.143. The van der Waals surface area contributed by atoms with Gasteiger partial charge in [0.2, 0.25) is 0 Å². The molecule has 0 atom stereocenters. The van der Waals surface area contributed by atoms with Gasteiger partial charge in [0.25, 0.3) is 10.0 Å². The summed E-state index contributed by atoms with van der Waals surface area (Å²) < 4.78 is 39.3. The van der Waals surface area contributed by atoms with E-state index < -0.39 is 15.8 Å². The first kappa shape index (κ1) is 14.3. The summed E-state index contributed by atoms with van der Waals surface area (Å²) in [7, 11) is -2.38. The fourth-order valence-corrected chi connectivity index (χ4v) is 2.93. The molecule has 0 aliphatic heterocycles. The summed E-state index contributed by atoms with van der Waals surface area (Å²) in [5.74, 6) is -0.747. The second kappa shape index (κ2) is 5.13. The highest BCUT2D eigenvalue weighted by atomic mass is 32.2. The lowest BCUT2D eigenvalue weighted by Gasteiger charge is -2.19. The highest BCUT2D eigenvalue weighted by Crippen LogP contribution is 2.24. The Morgan fingerprint density at radius 3 is 2.25 bits per heavy atom. The van der Waals surface area contributed by atoms with Crippen LogP contribution in [0.4, 0.5) is 15.8 Å². The third kappa shape index (κ3) is 2.60. The van der Waals surface area contributed by atoms with E-state index in [2.05, 4.69) is 0 Å². The number of anilines is 2. The van der Waals surface area contributed by atoms with Gasteiger partial charge in [-0.05, 0) is 37.3 Å². The summed E-state index contributed by atoms with van der Waals surface area (Å²) in [6.45, 7) is 1.91. The number of nitrogens with two attached hydrogens (primary N) is 1. The molecule has 106 valence electrons. The molecule has 4 nitrogen and oxygen atoms in total. The highest BCUT2D eigenvalue weighted by molar-refractivity contribution is 7.92. The predicted molar refractivity (Wildman–Crippen MR) is 77.6 cm³/mol. The monoisotopic (exact) mass is 294 g/mol. The second-order valence-electron chi connectivity index (χ2n) is 4.49. The van der Waals surface area contributed by atoms with Crippen LogP contribution in [-0.2, 0) is 10.0 Å². The van der Waals surface area contributed by atoms with Crippen LogP contribution in [0.1, 0.15) is 5.56 Å². The molecule has 2 aromatic carbocycles. The van der Waals surface area contributed by atoms with E-state index in [1.165, 1.54) is 19.2 Å². The number of aryl methyl sites for hydroxylation is 1. The van der Waals surface area contributed by atoms with Gasteiger partial charge in [0.15, 0.2) is 0 Å². The topological polar surface area (TPSA) is 63.4 Å². The zero-order valence-electron chi connectivity index (χ0n) is 11.2. The minimum Gasteiger partial charge on any atom is -0.396 e. The zero-order chi connectivity index (χ0) is 14.9. The average Bonchev–Trinajstić information content (AvgIpc) is 2.41. The van der Waals surface area contributed by atoms with Crippen LogP contribution >= 0.6 is 0 Å². The minimum atomic E-state index is -3.81. The third-order valence-corrected chi connectivity index (χ3v) is 4.81. The average molecular weight is 294 g/mol. The maximum absolute atomic E-state index is 13.4. The number of halogens is 1. The highest BCUT2D eigenvalue weighted by Gasteiger charge is 2.22. The summed E-state index contributed by atoms with van der Waals surface area (Å²) in [6, 6.07) is 10.5. The van der Waals surface area contributed by atoms with Crippen molar-refractivity contribution >= 4 is 21.4 Å². The van der Waals surface area contributed by atoms with E-state index in [1.54, 1.807) is 12.1 Å². The van der Waals surface area contributed by atoms with Gasteiger partial charge in [-0.25, -0.2) is 12.8 Å². The molecular weight excluding hydrogens is 279 g/mol. The Bertz CT molecular complexity index is 727. The molecular formula is C14H15FN2O2S. The lowest BCUT2D eigenvalue weighted by molar-refractivity contribution is 0.590. The van der Waals surface area contributed by atoms with Crippen molar-refractivity contribution in [3.05, 3.63) is 53.8 Å². The number of sulfonamides is 1. The maximum atomic E-state index is 13.4. The predicted octanol–water partition coefficient (Wildman–Crippen LogP) is 2.54. The maximum Gasteiger partial charge on any atom is 0.264 e. The van der Waals surface area contributed by atoms with Crippen LogP contribution in [0.15, 0.2) is 47.4 Å². The number of nitrogens with zero attached hydrogens (tertiary/aromatic N) is 1. The molecule has 0 radical (unpaired) electrons. The standard InChI is InChI=1S/C14H15FN2O2S/c1-10-3-5-11(6-4-10)17(2)20(18,19)12-7-8-14(16)13(15)9-12/h3-9H,16H2,1-2H3. The molecule has 0 aliphatic rings. The quantitative estimate of drug-likeness (QED) is 0.885. The van der Waals surface area contributed by atoms with Gasteiger partial charge in [0, 0.05) is 7.05 Å². The summed E-state index contributed by atoms with van der Waals surface area (Å²) in [6.07, 6.45) is 0. The van der Waals surface area contributed by atoms with Crippen LogP contribution in [0.2, 0.25) is 0 Å². The number of benzene rings is 2. The normalized spacial score (nSPS) is 11.3. The molecule has 0 fully saturated rings. The Hall–Kier alpha value is -2.08. The molecule has 0 heterocycles. The van der Waals surface area contributed by atoms with E-state index in [0.29, 0.717) is 5.69 Å². The van der Waals surface area contributed by atoms with Crippen molar-refractivity contribution in [3.8, 4) is 0 Å². The molecule has 0 saturated carbocycles. The molecule has 0 unspecified atom stereocenters. The van der Waals surface area contributed by atoms with Gasteiger partial charge in [0.1, 0.15) is 5.82 Å². The molecule has 20 heavy (non-hydrogen) atoms. The fourth-order valence-electron chi connectivity index (χ4n) is 1.72. The van der Waals surface area contributed by atoms with Gasteiger partial charge < -0.3 is 5.73 Å². The van der Waals surface area contributed by atoms with Crippen LogP contribution in [0.5, 0.6) is 0 Å². The molecule has 0 bridgehead atoms. The first-order valence-electron chi connectivity index (χ1n) is 5.93. The van der Waals surface area contributed by atoms with Gasteiger partial charge in [0.05, 0.1) is 16.3 Å². The second-order valence-corrected chi connectivity index (χ2v) is 6.46. The van der Waals surface area contributed by atoms with Crippen molar-refractivity contribution < 1.29 is 12.8 Å². The number of hydrogen-bond acceptors (Lipinski definition) is 3. The molecule has 2 rings (SSSR count). The van der Waals surface area contributed by atoms with Crippen molar-refractivity contribution in [2.75, 3.05) is 17.1 Å². The molecule has 0 spiro atoms. The Balaban J connectivity index is 2.43. The minimum absolute atomic E-state index is 0.0815. The van der Waals surface area contributed by atoms with E-state index in [4.69, 9.17) is 5.73 Å². The van der Waals surface area contributed by atoms with Gasteiger partial charge >= 0.3 is 0 Å². The first-order valence-corrected chi connectivity index (χ1v) is 7.37. The van der Waals surface area contributed by atoms with E-state index in [0.717, 1.165) is 15.9 Å². The Morgan fingerprint density at radius 2 is 1.70 bits per heavy atom. The van der Waals surface area contributed by atoms with Crippen molar-refractivity contribution in [3.63, 3.8) is 0 Å². The summed E-state index contributed by atoms with van der Waals surface area (Å²) in [5.41, 5.74) is 6.80. The van der Waals surface area contributed by atoms with Gasteiger partial charge in [-0.2, -0.15) is 0 Å². The largest absolute Gasteiger partial charge is 0.396 e. The van der Waals surface area contributed by atoms with Crippen LogP contribution in [0, 0.1) is 12.7 Å². The van der Waals surface area contributed by atoms with Crippen LogP contribution in [0.25, 0.3) is 0 Å². The Kier molecular flexibility index (Phi) is 3.67. The molecule has 0 aliphatic carbocycles. The zero-order valence-corrected chi connectivity index (χ0v) is 12.0. The van der Waals surface area contributed by atoms with Crippen molar-refractivity contribution in [1.29, 1.82) is 0 Å². The summed E-state index contributed by atoms with van der Waals surface area (Å²) in [5, 5.41) is 0. The number of nitrogen functional groups attached to an aromatic ring is 1. The first-order chi connectivity index (χ1) is 9.32. The van der Waals surface area contributed by atoms with Crippen molar-refractivity contribution in [1.82, 2.24) is 0 Å². The van der Waals surface area contributed by atoms with Crippen LogP contribution in [0.3, 0.4) is 0 Å². The lowest BCUT2D eigenvalue weighted by Crippen LogP contribution is -2.26. The smallest absolute Gasteiger partial charge is 0.264 e. The van der Waals surface area contributed by atoms with Crippen molar-refractivity contribution in [2.45, 2.75) is 11.8 Å². The molecule has 2 N–H and O–H groups in total. The molecule has 2 aromatic rings. The molecule has 0 saturated heterocycles. The number of rotatable bonds is 3. The van der Waals surface area contributed by atoms with Crippen molar-refractivity contribution in [2.24, 2.45) is 0 Å². The SMILES string of the molecule is Cc1ccc(N(C)S(=O)(=O)c2ccc(N)c(F)c2)cc1. The molecule has 0 aromatic heterocycles. The van der Waals surface area contributed by atoms with Crippen LogP contribution in [-0.4, -0.2) is 15.5 Å². The van der Waals surface area contributed by atoms with Gasteiger partial charge in [-0.15, -0.1) is 0 Å². The summed E-state index contributed by atoms with van der Waals surface area (Å²) in [4.78, 5) is -0.132. The lowest BCUT2D eigenvalue weighted by atomic mass is 10.2. The van der Waals surface area contributed by atoms with E-state index in [-0.39, 0.29) is 10.6 Å². The van der Waals surface area contributed by atoms with E-state index in [1.807, 2.05) is 19.1 Å². The van der Waals surface area contributed by atoms with E-state index in [9.17, 15) is 12.8 Å². The number of hydrogen-bond donors (Lipinski definition) is 1.